The van der Waals surface area contributed by atoms with Crippen LogP contribution in [0.2, 0.25) is 5.02 Å². The lowest BCUT2D eigenvalue weighted by Gasteiger charge is -2.21. The molecule has 1 aromatic heterocycles. The number of amides is 1. The molecule has 108 valence electrons. The average Bonchev–Trinajstić information content (AvgIpc) is 2.75. The van der Waals surface area contributed by atoms with E-state index in [2.05, 4.69) is 18.8 Å². The largest absolute Gasteiger partial charge is 0.350 e. The second-order valence-electron chi connectivity index (χ2n) is 5.11. The lowest BCUT2D eigenvalue weighted by atomic mass is 10.1. The van der Waals surface area contributed by atoms with E-state index in [1.807, 2.05) is 30.0 Å². The van der Waals surface area contributed by atoms with E-state index in [1.165, 1.54) is 0 Å². The van der Waals surface area contributed by atoms with E-state index in [1.54, 1.807) is 0 Å². The molecule has 0 aliphatic carbocycles. The minimum Gasteiger partial charge on any atom is -0.350 e. The molecule has 2 aromatic rings. The first kappa shape index (κ1) is 14.9. The molecule has 1 aromatic carbocycles. The Morgan fingerprint density at radius 2 is 1.90 bits per heavy atom. The molecule has 4 heteroatoms. The molecule has 2 rings (SSSR count). The van der Waals surface area contributed by atoms with Gasteiger partial charge in [-0.3, -0.25) is 4.79 Å². The van der Waals surface area contributed by atoms with Crippen molar-refractivity contribution in [1.82, 2.24) is 9.88 Å². The smallest absolute Gasteiger partial charge is 0.270 e. The zero-order valence-corrected chi connectivity index (χ0v) is 13.0. The molecule has 0 bridgehead atoms. The van der Waals surface area contributed by atoms with Crippen LogP contribution in [0.25, 0.3) is 10.9 Å². The molecule has 0 radical (unpaired) electrons. The number of carbonyl (C=O) groups excluding carboxylic acids is 1. The van der Waals surface area contributed by atoms with Crippen molar-refractivity contribution in [2.45, 2.75) is 33.6 Å². The second-order valence-corrected chi connectivity index (χ2v) is 5.54. The van der Waals surface area contributed by atoms with Gasteiger partial charge in [-0.2, -0.15) is 0 Å². The van der Waals surface area contributed by atoms with Gasteiger partial charge in [-0.25, -0.2) is 0 Å². The fraction of sp³-hybridized carbons (Fsp3) is 0.438. The summed E-state index contributed by atoms with van der Waals surface area (Å²) in [5, 5.41) is 1.71. The van der Waals surface area contributed by atoms with E-state index in [0.717, 1.165) is 42.4 Å². The van der Waals surface area contributed by atoms with Gasteiger partial charge in [0.15, 0.2) is 0 Å². The SMILES string of the molecule is CCCN(CCC)C(=O)c1[nH]c2ccc(Cl)cc2c1C. The lowest BCUT2D eigenvalue weighted by molar-refractivity contribution is 0.0750. The Balaban J connectivity index is 2.40. The molecular formula is C16H21ClN2O. The molecule has 0 saturated carbocycles. The fourth-order valence-corrected chi connectivity index (χ4v) is 2.70. The predicted octanol–water partition coefficient (Wildman–Crippen LogP) is 4.39. The van der Waals surface area contributed by atoms with Crippen molar-refractivity contribution in [3.8, 4) is 0 Å². The summed E-state index contributed by atoms with van der Waals surface area (Å²) in [6, 6.07) is 5.67. The molecule has 20 heavy (non-hydrogen) atoms. The van der Waals surface area contributed by atoms with Gasteiger partial charge in [0.25, 0.3) is 5.91 Å². The van der Waals surface area contributed by atoms with Crippen molar-refractivity contribution in [3.05, 3.63) is 34.5 Å². The van der Waals surface area contributed by atoms with E-state index in [-0.39, 0.29) is 5.91 Å². The number of fused-ring (bicyclic) bond motifs is 1. The quantitative estimate of drug-likeness (QED) is 0.871. The Morgan fingerprint density at radius 1 is 1.25 bits per heavy atom. The van der Waals surface area contributed by atoms with Crippen LogP contribution in [0.15, 0.2) is 18.2 Å². The number of carbonyl (C=O) groups is 1. The minimum atomic E-state index is 0.0820. The third kappa shape index (κ3) is 2.83. The first-order chi connectivity index (χ1) is 9.58. The minimum absolute atomic E-state index is 0.0820. The van der Waals surface area contributed by atoms with Gasteiger partial charge in [0.1, 0.15) is 5.69 Å². The van der Waals surface area contributed by atoms with Crippen molar-refractivity contribution in [3.63, 3.8) is 0 Å². The maximum absolute atomic E-state index is 12.7. The van der Waals surface area contributed by atoms with Crippen LogP contribution in [0.4, 0.5) is 0 Å². The summed E-state index contributed by atoms with van der Waals surface area (Å²) in [6.07, 6.45) is 1.94. The first-order valence-electron chi connectivity index (χ1n) is 7.15. The number of hydrogen-bond donors (Lipinski definition) is 1. The number of rotatable bonds is 5. The fourth-order valence-electron chi connectivity index (χ4n) is 2.53. The standard InChI is InChI=1S/C16H21ClN2O/c1-4-8-19(9-5-2)16(20)15-11(3)13-10-12(17)6-7-14(13)18-15/h6-7,10,18H,4-5,8-9H2,1-3H3. The highest BCUT2D eigenvalue weighted by atomic mass is 35.5. The molecule has 1 amide bonds. The Labute approximate surface area is 124 Å². The zero-order valence-electron chi connectivity index (χ0n) is 12.3. The topological polar surface area (TPSA) is 36.1 Å². The summed E-state index contributed by atoms with van der Waals surface area (Å²) in [5.74, 6) is 0.0820. The van der Waals surface area contributed by atoms with Gasteiger partial charge in [-0.05, 0) is 43.5 Å². The summed E-state index contributed by atoms with van der Waals surface area (Å²) >= 11 is 6.03. The zero-order chi connectivity index (χ0) is 14.7. The number of benzene rings is 1. The number of aryl methyl sites for hydroxylation is 1. The van der Waals surface area contributed by atoms with Crippen LogP contribution in [0.1, 0.15) is 42.7 Å². The monoisotopic (exact) mass is 292 g/mol. The van der Waals surface area contributed by atoms with Gasteiger partial charge in [-0.15, -0.1) is 0 Å². The molecule has 0 aliphatic heterocycles. The van der Waals surface area contributed by atoms with Crippen LogP contribution in [0, 0.1) is 6.92 Å². The van der Waals surface area contributed by atoms with Crippen molar-refractivity contribution >= 4 is 28.4 Å². The summed E-state index contributed by atoms with van der Waals surface area (Å²) in [5.41, 5.74) is 2.62. The van der Waals surface area contributed by atoms with Gasteiger partial charge < -0.3 is 9.88 Å². The van der Waals surface area contributed by atoms with Crippen LogP contribution < -0.4 is 0 Å². The van der Waals surface area contributed by atoms with Crippen molar-refractivity contribution < 1.29 is 4.79 Å². The molecule has 0 saturated heterocycles. The number of nitrogens with zero attached hydrogens (tertiary/aromatic N) is 1. The van der Waals surface area contributed by atoms with E-state index in [9.17, 15) is 4.79 Å². The van der Waals surface area contributed by atoms with Crippen LogP contribution in [0.3, 0.4) is 0 Å². The van der Waals surface area contributed by atoms with E-state index in [0.29, 0.717) is 10.7 Å². The summed E-state index contributed by atoms with van der Waals surface area (Å²) < 4.78 is 0. The average molecular weight is 293 g/mol. The Morgan fingerprint density at radius 3 is 2.50 bits per heavy atom. The van der Waals surface area contributed by atoms with Crippen molar-refractivity contribution in [2.24, 2.45) is 0 Å². The number of nitrogens with one attached hydrogen (secondary N) is 1. The summed E-state index contributed by atoms with van der Waals surface area (Å²) in [7, 11) is 0. The second kappa shape index (κ2) is 6.31. The van der Waals surface area contributed by atoms with E-state index < -0.39 is 0 Å². The Kier molecular flexibility index (Phi) is 4.71. The van der Waals surface area contributed by atoms with Gasteiger partial charge in [-0.1, -0.05) is 25.4 Å². The molecule has 1 N–H and O–H groups in total. The Hall–Kier alpha value is -1.48. The molecule has 3 nitrogen and oxygen atoms in total. The lowest BCUT2D eigenvalue weighted by Crippen LogP contribution is -2.33. The highest BCUT2D eigenvalue weighted by Gasteiger charge is 2.19. The predicted molar refractivity (Wildman–Crippen MR) is 84.5 cm³/mol. The highest BCUT2D eigenvalue weighted by molar-refractivity contribution is 6.31. The van der Waals surface area contributed by atoms with Crippen LogP contribution in [-0.4, -0.2) is 28.9 Å². The molecule has 0 spiro atoms. The summed E-state index contributed by atoms with van der Waals surface area (Å²) in [6.45, 7) is 7.74. The third-order valence-electron chi connectivity index (χ3n) is 3.51. The molecule has 0 aliphatic rings. The van der Waals surface area contributed by atoms with Crippen molar-refractivity contribution in [2.75, 3.05) is 13.1 Å². The van der Waals surface area contributed by atoms with Crippen LogP contribution in [0.5, 0.6) is 0 Å². The normalized spacial score (nSPS) is 11.0. The molecule has 0 unspecified atom stereocenters. The third-order valence-corrected chi connectivity index (χ3v) is 3.74. The molecule has 0 fully saturated rings. The molecule has 1 heterocycles. The highest BCUT2D eigenvalue weighted by Crippen LogP contribution is 2.25. The number of aromatic nitrogens is 1. The van der Waals surface area contributed by atoms with Crippen LogP contribution >= 0.6 is 11.6 Å². The van der Waals surface area contributed by atoms with Gasteiger partial charge in [0.05, 0.1) is 0 Å². The molecular weight excluding hydrogens is 272 g/mol. The molecule has 0 atom stereocenters. The van der Waals surface area contributed by atoms with E-state index in [4.69, 9.17) is 11.6 Å². The Bertz CT molecular complexity index is 612. The first-order valence-corrected chi connectivity index (χ1v) is 7.53. The van der Waals surface area contributed by atoms with Crippen molar-refractivity contribution in [1.29, 1.82) is 0 Å². The van der Waals surface area contributed by atoms with Gasteiger partial charge in [0, 0.05) is 29.0 Å². The van der Waals surface area contributed by atoms with Gasteiger partial charge in [0.2, 0.25) is 0 Å². The van der Waals surface area contributed by atoms with E-state index >= 15 is 0 Å². The van der Waals surface area contributed by atoms with Crippen LogP contribution in [-0.2, 0) is 0 Å². The number of H-pyrrole nitrogens is 1. The van der Waals surface area contributed by atoms with Gasteiger partial charge >= 0.3 is 0 Å². The summed E-state index contributed by atoms with van der Waals surface area (Å²) in [4.78, 5) is 17.8. The maximum atomic E-state index is 12.7. The number of hydrogen-bond acceptors (Lipinski definition) is 1. The number of aromatic amines is 1. The number of halogens is 1. The maximum Gasteiger partial charge on any atom is 0.270 e.